The van der Waals surface area contributed by atoms with Crippen LogP contribution in [-0.4, -0.2) is 30.1 Å². The molecule has 0 bridgehead atoms. The molecule has 0 unspecified atom stereocenters. The molecular formula is C14H13NO5. The molecule has 0 aliphatic carbocycles. The highest BCUT2D eigenvalue weighted by atomic mass is 16.5. The van der Waals surface area contributed by atoms with Gasteiger partial charge in [-0.1, -0.05) is 30.3 Å². The van der Waals surface area contributed by atoms with Crippen molar-refractivity contribution in [3.63, 3.8) is 0 Å². The van der Waals surface area contributed by atoms with Crippen LogP contribution in [0.1, 0.15) is 5.56 Å². The van der Waals surface area contributed by atoms with Gasteiger partial charge >= 0.3 is 11.9 Å². The summed E-state index contributed by atoms with van der Waals surface area (Å²) < 4.78 is 4.55. The topological polar surface area (TPSA) is 92.7 Å². The van der Waals surface area contributed by atoms with Crippen molar-refractivity contribution in [3.05, 3.63) is 53.7 Å². The maximum absolute atomic E-state index is 11.5. The highest BCUT2D eigenvalue weighted by Crippen LogP contribution is 2.06. The third-order valence-corrected chi connectivity index (χ3v) is 2.15. The van der Waals surface area contributed by atoms with Gasteiger partial charge in [-0.3, -0.25) is 4.79 Å². The molecule has 0 heterocycles. The van der Waals surface area contributed by atoms with E-state index in [0.29, 0.717) is 11.6 Å². The number of carboxylic acids is 1. The van der Waals surface area contributed by atoms with Gasteiger partial charge < -0.3 is 15.2 Å². The minimum absolute atomic E-state index is 0.0845. The van der Waals surface area contributed by atoms with E-state index in [2.05, 4.69) is 10.1 Å². The van der Waals surface area contributed by atoms with Crippen LogP contribution in [0, 0.1) is 0 Å². The molecule has 2 N–H and O–H groups in total. The lowest BCUT2D eigenvalue weighted by Crippen LogP contribution is -2.26. The zero-order chi connectivity index (χ0) is 15.0. The lowest BCUT2D eigenvalue weighted by Gasteiger charge is -2.06. The fourth-order valence-electron chi connectivity index (χ4n) is 1.29. The third-order valence-electron chi connectivity index (χ3n) is 2.15. The number of hydrogen-bond donors (Lipinski definition) is 2. The van der Waals surface area contributed by atoms with Gasteiger partial charge in [0.2, 0.25) is 5.91 Å². The van der Waals surface area contributed by atoms with Crippen molar-refractivity contribution in [3.8, 4) is 0 Å². The molecule has 6 nitrogen and oxygen atoms in total. The van der Waals surface area contributed by atoms with E-state index in [-0.39, 0.29) is 5.70 Å². The number of amides is 1. The highest BCUT2D eigenvalue weighted by Gasteiger charge is 2.12. The van der Waals surface area contributed by atoms with Gasteiger partial charge in [0.25, 0.3) is 0 Å². The molecule has 0 saturated carbocycles. The molecule has 0 spiro atoms. The van der Waals surface area contributed by atoms with E-state index in [1.54, 1.807) is 24.3 Å². The molecule has 1 rings (SSSR count). The van der Waals surface area contributed by atoms with Gasteiger partial charge in [0.05, 0.1) is 7.11 Å². The molecule has 6 heteroatoms. The second kappa shape index (κ2) is 7.52. The lowest BCUT2D eigenvalue weighted by molar-refractivity contribution is -0.137. The quantitative estimate of drug-likeness (QED) is 0.616. The first-order chi connectivity index (χ1) is 9.52. The van der Waals surface area contributed by atoms with E-state index in [1.807, 2.05) is 6.07 Å². The third kappa shape index (κ3) is 5.18. The fourth-order valence-corrected chi connectivity index (χ4v) is 1.29. The Labute approximate surface area is 115 Å². The SMILES string of the molecule is COC(=O)C(=Cc1ccccc1)NC(=O)C=CC(=O)O. The normalized spacial score (nSPS) is 11.2. The average molecular weight is 275 g/mol. The van der Waals surface area contributed by atoms with Crippen LogP contribution in [0.15, 0.2) is 48.2 Å². The maximum atomic E-state index is 11.5. The number of hydrogen-bond acceptors (Lipinski definition) is 4. The predicted octanol–water partition coefficient (Wildman–Crippen LogP) is 0.958. The summed E-state index contributed by atoms with van der Waals surface area (Å²) in [6.07, 6.45) is 2.91. The number of nitrogens with one attached hydrogen (secondary N) is 1. The number of esters is 1. The van der Waals surface area contributed by atoms with Crippen molar-refractivity contribution in [2.45, 2.75) is 0 Å². The minimum Gasteiger partial charge on any atom is -0.478 e. The molecule has 1 aromatic rings. The molecule has 20 heavy (non-hydrogen) atoms. The Morgan fingerprint density at radius 1 is 1.15 bits per heavy atom. The molecule has 0 aliphatic rings. The van der Waals surface area contributed by atoms with Crippen LogP contribution < -0.4 is 5.32 Å². The van der Waals surface area contributed by atoms with E-state index in [9.17, 15) is 14.4 Å². The van der Waals surface area contributed by atoms with Gasteiger partial charge in [-0.2, -0.15) is 0 Å². The molecule has 104 valence electrons. The Morgan fingerprint density at radius 3 is 2.35 bits per heavy atom. The van der Waals surface area contributed by atoms with E-state index < -0.39 is 17.8 Å². The van der Waals surface area contributed by atoms with E-state index in [0.717, 1.165) is 6.08 Å². The predicted molar refractivity (Wildman–Crippen MR) is 71.4 cm³/mol. The number of carbonyl (C=O) groups is 3. The van der Waals surface area contributed by atoms with Crippen LogP contribution in [0.3, 0.4) is 0 Å². The summed E-state index contributed by atoms with van der Waals surface area (Å²) in [7, 11) is 1.18. The lowest BCUT2D eigenvalue weighted by atomic mass is 10.2. The number of aliphatic carboxylic acids is 1. The van der Waals surface area contributed by atoms with Crippen LogP contribution >= 0.6 is 0 Å². The molecule has 0 aliphatic heterocycles. The summed E-state index contributed by atoms with van der Waals surface area (Å²) in [5.41, 5.74) is 0.606. The molecule has 1 aromatic carbocycles. The molecule has 0 atom stereocenters. The number of carbonyl (C=O) groups excluding carboxylic acids is 2. The summed E-state index contributed by atoms with van der Waals surface area (Å²) in [4.78, 5) is 33.3. The molecule has 0 fully saturated rings. The summed E-state index contributed by atoms with van der Waals surface area (Å²) in [6.45, 7) is 0. The standard InChI is InChI=1S/C14H13NO5/c1-20-14(19)11(9-10-5-3-2-4-6-10)15-12(16)7-8-13(17)18/h2-9H,1H3,(H,15,16)(H,17,18). The summed E-state index contributed by atoms with van der Waals surface area (Å²) in [5, 5.41) is 10.7. The smallest absolute Gasteiger partial charge is 0.354 e. The van der Waals surface area contributed by atoms with Gasteiger partial charge in [-0.15, -0.1) is 0 Å². The number of methoxy groups -OCH3 is 1. The Bertz CT molecular complexity index is 560. The van der Waals surface area contributed by atoms with Crippen molar-refractivity contribution in [1.29, 1.82) is 0 Å². The average Bonchev–Trinajstić information content (AvgIpc) is 2.44. The van der Waals surface area contributed by atoms with E-state index in [4.69, 9.17) is 5.11 Å². The van der Waals surface area contributed by atoms with Crippen molar-refractivity contribution in [1.82, 2.24) is 5.32 Å². The first kappa shape index (κ1) is 15.2. The van der Waals surface area contributed by atoms with Crippen molar-refractivity contribution >= 4 is 23.9 Å². The van der Waals surface area contributed by atoms with Gasteiger partial charge in [0.15, 0.2) is 0 Å². The minimum atomic E-state index is -1.26. The van der Waals surface area contributed by atoms with Crippen molar-refractivity contribution in [2.75, 3.05) is 7.11 Å². The number of ether oxygens (including phenoxy) is 1. The van der Waals surface area contributed by atoms with Crippen LogP contribution in [0.5, 0.6) is 0 Å². The van der Waals surface area contributed by atoms with Crippen LogP contribution in [0.25, 0.3) is 6.08 Å². The van der Waals surface area contributed by atoms with Crippen LogP contribution in [0.4, 0.5) is 0 Å². The van der Waals surface area contributed by atoms with Crippen LogP contribution in [0.2, 0.25) is 0 Å². The number of benzene rings is 1. The summed E-state index contributed by atoms with van der Waals surface area (Å²) in [5.74, 6) is -2.72. The molecular weight excluding hydrogens is 262 g/mol. The number of carboxylic acid groups (broad SMARTS) is 1. The van der Waals surface area contributed by atoms with E-state index in [1.165, 1.54) is 13.2 Å². The Hall–Kier alpha value is -2.89. The number of rotatable bonds is 5. The van der Waals surface area contributed by atoms with Crippen molar-refractivity contribution < 1.29 is 24.2 Å². The fraction of sp³-hybridized carbons (Fsp3) is 0.0714. The van der Waals surface area contributed by atoms with Gasteiger partial charge in [0.1, 0.15) is 5.70 Å². The van der Waals surface area contributed by atoms with Crippen LogP contribution in [-0.2, 0) is 19.1 Å². The summed E-state index contributed by atoms with van der Waals surface area (Å²) >= 11 is 0. The Balaban J connectivity index is 2.91. The van der Waals surface area contributed by atoms with Gasteiger partial charge in [-0.25, -0.2) is 9.59 Å². The monoisotopic (exact) mass is 275 g/mol. The Morgan fingerprint density at radius 2 is 1.80 bits per heavy atom. The Kier molecular flexibility index (Phi) is 5.71. The first-order valence-corrected chi connectivity index (χ1v) is 5.60. The zero-order valence-corrected chi connectivity index (χ0v) is 10.7. The zero-order valence-electron chi connectivity index (χ0n) is 10.7. The maximum Gasteiger partial charge on any atom is 0.354 e. The van der Waals surface area contributed by atoms with Gasteiger partial charge in [0, 0.05) is 12.2 Å². The van der Waals surface area contributed by atoms with Gasteiger partial charge in [-0.05, 0) is 11.6 Å². The summed E-state index contributed by atoms with van der Waals surface area (Å²) in [6, 6.07) is 8.83. The van der Waals surface area contributed by atoms with Crippen molar-refractivity contribution in [2.24, 2.45) is 0 Å². The highest BCUT2D eigenvalue weighted by molar-refractivity contribution is 6.02. The largest absolute Gasteiger partial charge is 0.478 e. The molecule has 0 aromatic heterocycles. The molecule has 0 saturated heterocycles. The first-order valence-electron chi connectivity index (χ1n) is 5.60. The van der Waals surface area contributed by atoms with E-state index >= 15 is 0 Å². The second-order valence-corrected chi connectivity index (χ2v) is 3.62. The molecule has 1 amide bonds. The second-order valence-electron chi connectivity index (χ2n) is 3.62. The molecule has 0 radical (unpaired) electrons.